The lowest BCUT2D eigenvalue weighted by atomic mass is 10.1. The van der Waals surface area contributed by atoms with Crippen LogP contribution in [0.1, 0.15) is 25.0 Å². The Morgan fingerprint density at radius 3 is 2.29 bits per heavy atom. The van der Waals surface area contributed by atoms with Gasteiger partial charge < -0.3 is 4.90 Å². The highest BCUT2D eigenvalue weighted by molar-refractivity contribution is 5.96. The van der Waals surface area contributed by atoms with Crippen molar-refractivity contribution in [1.29, 1.82) is 5.41 Å². The summed E-state index contributed by atoms with van der Waals surface area (Å²) in [7, 11) is 0. The van der Waals surface area contributed by atoms with Gasteiger partial charge in [-0.25, -0.2) is 0 Å². The van der Waals surface area contributed by atoms with Crippen molar-refractivity contribution in [3.8, 4) is 0 Å². The van der Waals surface area contributed by atoms with Gasteiger partial charge in [0, 0.05) is 18.7 Å². The van der Waals surface area contributed by atoms with Crippen LogP contribution in [0, 0.1) is 5.41 Å². The minimum Gasteiger partial charge on any atom is -0.357 e. The second-order valence-electron chi connectivity index (χ2n) is 3.60. The lowest BCUT2D eigenvalue weighted by Gasteiger charge is -2.22. The highest BCUT2D eigenvalue weighted by Gasteiger charge is 2.30. The quantitative estimate of drug-likeness (QED) is 0.640. The van der Waals surface area contributed by atoms with Crippen LogP contribution in [-0.4, -0.2) is 23.8 Å². The summed E-state index contributed by atoms with van der Waals surface area (Å²) in [5.41, 5.74) is -0.421. The second-order valence-corrected chi connectivity index (χ2v) is 3.60. The van der Waals surface area contributed by atoms with E-state index in [1.165, 1.54) is 12.1 Å². The zero-order chi connectivity index (χ0) is 13.1. The first-order valence-corrected chi connectivity index (χ1v) is 5.41. The number of benzene rings is 1. The molecule has 0 aliphatic heterocycles. The molecule has 0 atom stereocenters. The normalized spacial score (nSPS) is 11.4. The molecule has 94 valence electrons. The Labute approximate surface area is 98.6 Å². The summed E-state index contributed by atoms with van der Waals surface area (Å²) in [5.74, 6) is 0.126. The Balaban J connectivity index is 3.04. The zero-order valence-corrected chi connectivity index (χ0v) is 9.80. The molecule has 0 unspecified atom stereocenters. The van der Waals surface area contributed by atoms with Gasteiger partial charge in [0.05, 0.1) is 5.56 Å². The van der Waals surface area contributed by atoms with Crippen LogP contribution in [0.15, 0.2) is 24.3 Å². The average Bonchev–Trinajstić information content (AvgIpc) is 2.29. The van der Waals surface area contributed by atoms with E-state index in [0.717, 1.165) is 12.1 Å². The number of hydrogen-bond acceptors (Lipinski definition) is 1. The van der Waals surface area contributed by atoms with Gasteiger partial charge in [-0.3, -0.25) is 5.41 Å². The molecule has 0 saturated heterocycles. The van der Waals surface area contributed by atoms with Crippen molar-refractivity contribution in [1.82, 2.24) is 4.90 Å². The number of rotatable bonds is 3. The number of halogens is 3. The summed E-state index contributed by atoms with van der Waals surface area (Å²) in [4.78, 5) is 1.70. The Kier molecular flexibility index (Phi) is 4.15. The van der Waals surface area contributed by atoms with Crippen molar-refractivity contribution in [2.45, 2.75) is 20.0 Å². The predicted octanol–water partition coefficient (Wildman–Crippen LogP) is 3.37. The van der Waals surface area contributed by atoms with E-state index in [4.69, 9.17) is 5.41 Å². The molecule has 0 heterocycles. The first kappa shape index (κ1) is 13.5. The van der Waals surface area contributed by atoms with E-state index in [9.17, 15) is 13.2 Å². The molecule has 0 radical (unpaired) electrons. The summed E-state index contributed by atoms with van der Waals surface area (Å²) in [6.07, 6.45) is -4.36. The lowest BCUT2D eigenvalue weighted by Crippen LogP contribution is -2.30. The van der Waals surface area contributed by atoms with Crippen LogP contribution in [0.3, 0.4) is 0 Å². The molecular weight excluding hydrogens is 229 g/mol. The average molecular weight is 244 g/mol. The Hall–Kier alpha value is -1.52. The fourth-order valence-corrected chi connectivity index (χ4v) is 1.57. The van der Waals surface area contributed by atoms with Crippen LogP contribution in [-0.2, 0) is 6.18 Å². The molecule has 1 aromatic rings. The molecular formula is C12H15F3N2. The van der Waals surface area contributed by atoms with E-state index < -0.39 is 11.7 Å². The molecule has 1 aromatic carbocycles. The Morgan fingerprint density at radius 2 is 1.82 bits per heavy atom. The van der Waals surface area contributed by atoms with Crippen LogP contribution in [0.5, 0.6) is 0 Å². The number of alkyl halides is 3. The van der Waals surface area contributed by atoms with Gasteiger partial charge in [-0.1, -0.05) is 12.1 Å². The standard InChI is InChI=1S/C12H15F3N2/c1-3-17(4-2)11(16)9-6-5-7-10(8-9)12(13,14)15/h5-8,16H,3-4H2,1-2H3. The van der Waals surface area contributed by atoms with E-state index in [2.05, 4.69) is 0 Å². The zero-order valence-electron chi connectivity index (χ0n) is 9.80. The molecule has 0 fully saturated rings. The Morgan fingerprint density at radius 1 is 1.24 bits per heavy atom. The first-order chi connectivity index (χ1) is 7.90. The largest absolute Gasteiger partial charge is 0.416 e. The third kappa shape index (κ3) is 3.22. The molecule has 0 aliphatic carbocycles. The van der Waals surface area contributed by atoms with Crippen molar-refractivity contribution < 1.29 is 13.2 Å². The number of amidine groups is 1. The van der Waals surface area contributed by atoms with Crippen molar-refractivity contribution in [3.05, 3.63) is 35.4 Å². The monoisotopic (exact) mass is 244 g/mol. The van der Waals surface area contributed by atoms with E-state index >= 15 is 0 Å². The summed E-state index contributed by atoms with van der Waals surface area (Å²) in [6, 6.07) is 4.88. The molecule has 2 nitrogen and oxygen atoms in total. The van der Waals surface area contributed by atoms with Crippen LogP contribution in [0.2, 0.25) is 0 Å². The summed E-state index contributed by atoms with van der Waals surface area (Å²) < 4.78 is 37.5. The van der Waals surface area contributed by atoms with Gasteiger partial charge in [-0.15, -0.1) is 0 Å². The maximum Gasteiger partial charge on any atom is 0.416 e. The Bertz CT molecular complexity index is 395. The van der Waals surface area contributed by atoms with Crippen LogP contribution >= 0.6 is 0 Å². The minimum absolute atomic E-state index is 0.126. The number of hydrogen-bond donors (Lipinski definition) is 1. The van der Waals surface area contributed by atoms with Crippen LogP contribution in [0.25, 0.3) is 0 Å². The summed E-state index contributed by atoms with van der Waals surface area (Å²) in [6.45, 7) is 4.94. The van der Waals surface area contributed by atoms with Crippen molar-refractivity contribution in [3.63, 3.8) is 0 Å². The molecule has 0 spiro atoms. The predicted molar refractivity (Wildman–Crippen MR) is 61.2 cm³/mol. The third-order valence-electron chi connectivity index (χ3n) is 2.54. The SMILES string of the molecule is CCN(CC)C(=N)c1cccc(C(F)(F)F)c1. The maximum absolute atomic E-state index is 12.5. The minimum atomic E-state index is -4.36. The first-order valence-electron chi connectivity index (χ1n) is 5.41. The van der Waals surface area contributed by atoms with Crippen LogP contribution in [0.4, 0.5) is 13.2 Å². The highest BCUT2D eigenvalue weighted by Crippen LogP contribution is 2.29. The molecule has 0 saturated carbocycles. The number of nitrogens with zero attached hydrogens (tertiary/aromatic N) is 1. The topological polar surface area (TPSA) is 27.1 Å². The molecule has 1 N–H and O–H groups in total. The lowest BCUT2D eigenvalue weighted by molar-refractivity contribution is -0.137. The fraction of sp³-hybridized carbons (Fsp3) is 0.417. The smallest absolute Gasteiger partial charge is 0.357 e. The van der Waals surface area contributed by atoms with Crippen molar-refractivity contribution in [2.75, 3.05) is 13.1 Å². The van der Waals surface area contributed by atoms with Gasteiger partial charge in [0.1, 0.15) is 5.84 Å². The van der Waals surface area contributed by atoms with Gasteiger partial charge in [-0.2, -0.15) is 13.2 Å². The summed E-state index contributed by atoms with van der Waals surface area (Å²) in [5, 5.41) is 7.85. The molecule has 0 amide bonds. The van der Waals surface area contributed by atoms with Gasteiger partial charge in [-0.05, 0) is 26.0 Å². The van der Waals surface area contributed by atoms with Gasteiger partial charge >= 0.3 is 6.18 Å². The van der Waals surface area contributed by atoms with Crippen molar-refractivity contribution >= 4 is 5.84 Å². The third-order valence-corrected chi connectivity index (χ3v) is 2.54. The highest BCUT2D eigenvalue weighted by atomic mass is 19.4. The van der Waals surface area contributed by atoms with E-state index in [1.54, 1.807) is 4.90 Å². The number of nitrogens with one attached hydrogen (secondary N) is 1. The van der Waals surface area contributed by atoms with Gasteiger partial charge in [0.25, 0.3) is 0 Å². The van der Waals surface area contributed by atoms with Crippen LogP contribution < -0.4 is 0 Å². The fourth-order valence-electron chi connectivity index (χ4n) is 1.57. The maximum atomic E-state index is 12.5. The summed E-state index contributed by atoms with van der Waals surface area (Å²) >= 11 is 0. The van der Waals surface area contributed by atoms with E-state index in [-0.39, 0.29) is 5.84 Å². The van der Waals surface area contributed by atoms with E-state index in [0.29, 0.717) is 18.7 Å². The van der Waals surface area contributed by atoms with Crippen molar-refractivity contribution in [2.24, 2.45) is 0 Å². The van der Waals surface area contributed by atoms with Gasteiger partial charge in [0.2, 0.25) is 0 Å². The molecule has 0 bridgehead atoms. The molecule has 5 heteroatoms. The van der Waals surface area contributed by atoms with Gasteiger partial charge in [0.15, 0.2) is 0 Å². The molecule has 0 aliphatic rings. The molecule has 0 aromatic heterocycles. The second kappa shape index (κ2) is 5.21. The molecule has 17 heavy (non-hydrogen) atoms. The van der Waals surface area contributed by atoms with E-state index in [1.807, 2.05) is 13.8 Å². The molecule has 1 rings (SSSR count).